The van der Waals surface area contributed by atoms with E-state index in [-0.39, 0.29) is 11.9 Å². The lowest BCUT2D eigenvalue weighted by atomic mass is 10.0. The lowest BCUT2D eigenvalue weighted by Crippen LogP contribution is -2.38. The van der Waals surface area contributed by atoms with Crippen LogP contribution < -0.4 is 5.32 Å². The Morgan fingerprint density at radius 2 is 2.18 bits per heavy atom. The fraction of sp³-hybridized carbons (Fsp3) is 0.875. The fourth-order valence-electron chi connectivity index (χ4n) is 1.04. The molecule has 0 saturated carbocycles. The van der Waals surface area contributed by atoms with Crippen LogP contribution in [0.25, 0.3) is 0 Å². The van der Waals surface area contributed by atoms with Gasteiger partial charge in [0.05, 0.1) is 0 Å². The van der Waals surface area contributed by atoms with Crippen LogP contribution in [0.4, 0.5) is 0 Å². The Kier molecular flexibility index (Phi) is 5.38. The molecule has 0 fully saturated rings. The summed E-state index contributed by atoms with van der Waals surface area (Å²) in [5, 5.41) is 2.89. The molecule has 2 unspecified atom stereocenters. The third-order valence-corrected chi connectivity index (χ3v) is 2.38. The molecule has 1 amide bonds. The average Bonchev–Trinajstić information content (AvgIpc) is 1.98. The Hall–Kier alpha value is -0.180. The second kappa shape index (κ2) is 5.47. The second-order valence-electron chi connectivity index (χ2n) is 2.88. The summed E-state index contributed by atoms with van der Waals surface area (Å²) in [7, 11) is 0. The third kappa shape index (κ3) is 4.30. The SMILES string of the molecule is CCC(NC(C)=O)C(C)CS. The Labute approximate surface area is 74.2 Å². The highest BCUT2D eigenvalue weighted by Gasteiger charge is 2.13. The maximum absolute atomic E-state index is 10.7. The van der Waals surface area contributed by atoms with Crippen LogP contribution in [0.3, 0.4) is 0 Å². The molecule has 0 aliphatic carbocycles. The first-order valence-corrected chi connectivity index (χ1v) is 4.63. The van der Waals surface area contributed by atoms with E-state index in [1.54, 1.807) is 6.92 Å². The monoisotopic (exact) mass is 175 g/mol. The standard InChI is InChI=1S/C8H17NOS/c1-4-8(6(2)5-11)9-7(3)10/h6,8,11H,4-5H2,1-3H3,(H,9,10). The van der Waals surface area contributed by atoms with Crippen LogP contribution in [-0.4, -0.2) is 17.7 Å². The molecule has 0 aliphatic rings. The Morgan fingerprint density at radius 3 is 2.45 bits per heavy atom. The molecule has 0 aromatic rings. The van der Waals surface area contributed by atoms with Crippen molar-refractivity contribution in [3.8, 4) is 0 Å². The molecule has 3 heteroatoms. The highest BCUT2D eigenvalue weighted by atomic mass is 32.1. The zero-order valence-corrected chi connectivity index (χ0v) is 8.32. The van der Waals surface area contributed by atoms with Crippen LogP contribution in [0.2, 0.25) is 0 Å². The van der Waals surface area contributed by atoms with E-state index in [1.807, 2.05) is 0 Å². The molecular formula is C8H17NOS. The number of thiol groups is 1. The number of rotatable bonds is 4. The average molecular weight is 175 g/mol. The van der Waals surface area contributed by atoms with Gasteiger partial charge < -0.3 is 5.32 Å². The molecule has 11 heavy (non-hydrogen) atoms. The molecule has 0 radical (unpaired) electrons. The summed E-state index contributed by atoms with van der Waals surface area (Å²) in [6, 6.07) is 0.282. The van der Waals surface area contributed by atoms with Gasteiger partial charge >= 0.3 is 0 Å². The summed E-state index contributed by atoms with van der Waals surface area (Å²) in [6.07, 6.45) is 0.974. The van der Waals surface area contributed by atoms with Gasteiger partial charge in [-0.05, 0) is 18.1 Å². The van der Waals surface area contributed by atoms with E-state index >= 15 is 0 Å². The summed E-state index contributed by atoms with van der Waals surface area (Å²) in [5.41, 5.74) is 0. The van der Waals surface area contributed by atoms with Crippen molar-refractivity contribution < 1.29 is 4.79 Å². The normalized spacial score (nSPS) is 15.6. The summed E-state index contributed by atoms with van der Waals surface area (Å²) in [5.74, 6) is 1.32. The lowest BCUT2D eigenvalue weighted by Gasteiger charge is -2.21. The van der Waals surface area contributed by atoms with E-state index in [2.05, 4.69) is 31.8 Å². The minimum atomic E-state index is 0.0467. The molecule has 0 aromatic heterocycles. The molecule has 0 saturated heterocycles. The number of nitrogens with one attached hydrogen (secondary N) is 1. The van der Waals surface area contributed by atoms with Crippen molar-refractivity contribution in [1.82, 2.24) is 5.32 Å². The summed E-state index contributed by atoms with van der Waals surface area (Å²) in [6.45, 7) is 5.71. The maximum atomic E-state index is 10.7. The molecule has 2 nitrogen and oxygen atoms in total. The largest absolute Gasteiger partial charge is 0.353 e. The molecule has 66 valence electrons. The fourth-order valence-corrected chi connectivity index (χ4v) is 1.29. The molecule has 1 N–H and O–H groups in total. The molecule has 2 atom stereocenters. The minimum absolute atomic E-state index is 0.0467. The van der Waals surface area contributed by atoms with E-state index in [0.717, 1.165) is 12.2 Å². The van der Waals surface area contributed by atoms with Gasteiger partial charge in [0, 0.05) is 13.0 Å². The number of carbonyl (C=O) groups excluding carboxylic acids is 1. The van der Waals surface area contributed by atoms with Crippen LogP contribution in [0.15, 0.2) is 0 Å². The highest BCUT2D eigenvalue weighted by Crippen LogP contribution is 2.07. The topological polar surface area (TPSA) is 29.1 Å². The Balaban J connectivity index is 3.84. The van der Waals surface area contributed by atoms with Gasteiger partial charge in [-0.3, -0.25) is 4.79 Å². The van der Waals surface area contributed by atoms with E-state index in [0.29, 0.717) is 5.92 Å². The molecular weight excluding hydrogens is 158 g/mol. The predicted octanol–water partition coefficient (Wildman–Crippen LogP) is 1.47. The van der Waals surface area contributed by atoms with Gasteiger partial charge in [0.25, 0.3) is 0 Å². The van der Waals surface area contributed by atoms with Crippen LogP contribution in [-0.2, 0) is 4.79 Å². The van der Waals surface area contributed by atoms with Crippen molar-refractivity contribution in [3.05, 3.63) is 0 Å². The third-order valence-electron chi connectivity index (χ3n) is 1.80. The van der Waals surface area contributed by atoms with Crippen molar-refractivity contribution in [1.29, 1.82) is 0 Å². The van der Waals surface area contributed by atoms with Crippen LogP contribution in [0.5, 0.6) is 0 Å². The quantitative estimate of drug-likeness (QED) is 0.622. The van der Waals surface area contributed by atoms with Crippen LogP contribution in [0, 0.1) is 5.92 Å². The van der Waals surface area contributed by atoms with E-state index in [1.165, 1.54) is 0 Å². The first kappa shape index (κ1) is 10.8. The van der Waals surface area contributed by atoms with Gasteiger partial charge in [-0.2, -0.15) is 12.6 Å². The Morgan fingerprint density at radius 1 is 1.64 bits per heavy atom. The van der Waals surface area contributed by atoms with E-state index < -0.39 is 0 Å². The summed E-state index contributed by atoms with van der Waals surface area (Å²) >= 11 is 4.18. The van der Waals surface area contributed by atoms with Crippen molar-refractivity contribution in [2.45, 2.75) is 33.2 Å². The summed E-state index contributed by atoms with van der Waals surface area (Å²) < 4.78 is 0. The predicted molar refractivity (Wildman–Crippen MR) is 50.9 cm³/mol. The van der Waals surface area contributed by atoms with Crippen molar-refractivity contribution in [2.75, 3.05) is 5.75 Å². The van der Waals surface area contributed by atoms with Crippen molar-refractivity contribution >= 4 is 18.5 Å². The highest BCUT2D eigenvalue weighted by molar-refractivity contribution is 7.80. The van der Waals surface area contributed by atoms with Crippen LogP contribution in [0.1, 0.15) is 27.2 Å². The number of carbonyl (C=O) groups is 1. The first-order valence-electron chi connectivity index (χ1n) is 3.99. The molecule has 0 spiro atoms. The van der Waals surface area contributed by atoms with Gasteiger partial charge in [-0.25, -0.2) is 0 Å². The minimum Gasteiger partial charge on any atom is -0.353 e. The summed E-state index contributed by atoms with van der Waals surface area (Å²) in [4.78, 5) is 10.7. The molecule has 0 bridgehead atoms. The van der Waals surface area contributed by atoms with Gasteiger partial charge in [-0.15, -0.1) is 0 Å². The van der Waals surface area contributed by atoms with Crippen LogP contribution >= 0.6 is 12.6 Å². The molecule has 0 rings (SSSR count). The molecule has 0 aliphatic heterocycles. The van der Waals surface area contributed by atoms with E-state index in [4.69, 9.17) is 0 Å². The second-order valence-corrected chi connectivity index (χ2v) is 3.24. The number of hydrogen-bond acceptors (Lipinski definition) is 2. The Bertz CT molecular complexity index is 127. The zero-order chi connectivity index (χ0) is 8.85. The van der Waals surface area contributed by atoms with Gasteiger partial charge in [0.2, 0.25) is 5.91 Å². The first-order chi connectivity index (χ1) is 5.11. The van der Waals surface area contributed by atoms with Gasteiger partial charge in [-0.1, -0.05) is 13.8 Å². The van der Waals surface area contributed by atoms with Crippen molar-refractivity contribution in [2.24, 2.45) is 5.92 Å². The maximum Gasteiger partial charge on any atom is 0.217 e. The molecule has 0 heterocycles. The lowest BCUT2D eigenvalue weighted by molar-refractivity contribution is -0.119. The van der Waals surface area contributed by atoms with Crippen molar-refractivity contribution in [3.63, 3.8) is 0 Å². The van der Waals surface area contributed by atoms with Gasteiger partial charge in [0.15, 0.2) is 0 Å². The smallest absolute Gasteiger partial charge is 0.217 e. The van der Waals surface area contributed by atoms with E-state index in [9.17, 15) is 4.79 Å². The molecule has 0 aromatic carbocycles. The van der Waals surface area contributed by atoms with Gasteiger partial charge in [0.1, 0.15) is 0 Å². The number of amides is 1. The zero-order valence-electron chi connectivity index (χ0n) is 7.42. The number of hydrogen-bond donors (Lipinski definition) is 2.